The fraction of sp³-hybridized carbons (Fsp3) is 0.895. The van der Waals surface area contributed by atoms with E-state index in [2.05, 4.69) is 19.9 Å². The minimum atomic E-state index is -4.61. The van der Waals surface area contributed by atoms with Crippen molar-refractivity contribution in [2.75, 3.05) is 93.4 Å². The maximum absolute atomic E-state index is 11.4. The molecule has 0 amide bonds. The van der Waals surface area contributed by atoms with Crippen LogP contribution in [0.5, 0.6) is 0 Å². The molecule has 0 aromatic heterocycles. The number of aliphatic hydroxyl groups is 2. The van der Waals surface area contributed by atoms with Gasteiger partial charge in [0, 0.05) is 44.7 Å². The third-order valence-electron chi connectivity index (χ3n) is 3.86. The molecule has 3 atom stereocenters. The Bertz CT molecular complexity index is 812. The van der Waals surface area contributed by atoms with Crippen LogP contribution in [0.15, 0.2) is 12.7 Å². The Balaban J connectivity index is -0.000000120. The molecule has 0 aliphatic rings. The smallest absolute Gasteiger partial charge is 0.481 e. The van der Waals surface area contributed by atoms with Crippen molar-refractivity contribution in [1.82, 2.24) is 9.80 Å². The van der Waals surface area contributed by atoms with Crippen molar-refractivity contribution in [2.24, 2.45) is 5.41 Å². The Morgan fingerprint density at radius 2 is 1.31 bits per heavy atom. The molecule has 0 saturated carbocycles. The zero-order valence-electron chi connectivity index (χ0n) is 25.1. The number of phosphoric ester groups is 2. The molecule has 0 saturated heterocycles. The minimum Gasteiger partial charge on any atom is -0.773 e. The average molecular weight is 779 g/mol. The van der Waals surface area contributed by atoms with E-state index in [9.17, 15) is 27.3 Å². The molecule has 42 heavy (non-hydrogen) atoms. The Hall–Kier alpha value is 0.663. The molecule has 0 spiro atoms. The van der Waals surface area contributed by atoms with Gasteiger partial charge in [-0.25, -0.2) is 9.13 Å². The summed E-state index contributed by atoms with van der Waals surface area (Å²) in [7, 11) is -5.92. The van der Waals surface area contributed by atoms with Crippen molar-refractivity contribution in [3.8, 4) is 0 Å². The van der Waals surface area contributed by atoms with Gasteiger partial charge >= 0.3 is 15.6 Å². The average Bonchev–Trinajstić information content (AvgIpc) is 2.74. The van der Waals surface area contributed by atoms with Crippen LogP contribution in [0, 0.1) is 5.41 Å². The number of phosphoric acid groups is 2. The summed E-state index contributed by atoms with van der Waals surface area (Å²) in [6, 6.07) is 0. The van der Waals surface area contributed by atoms with E-state index in [1.165, 1.54) is 0 Å². The molecule has 0 rings (SSSR count). The summed E-state index contributed by atoms with van der Waals surface area (Å²) in [5, 5.41) is 18.0. The third-order valence-corrected chi connectivity index (χ3v) is 6.53. The Morgan fingerprint density at radius 1 is 1.00 bits per heavy atom. The van der Waals surface area contributed by atoms with Crippen LogP contribution in [0.1, 0.15) is 13.3 Å². The van der Waals surface area contributed by atoms with Gasteiger partial charge in [0.2, 0.25) is 0 Å². The quantitative estimate of drug-likeness (QED) is 0.0393. The van der Waals surface area contributed by atoms with Gasteiger partial charge in [-0.1, -0.05) is 24.1 Å². The van der Waals surface area contributed by atoms with E-state index in [0.717, 1.165) is 6.26 Å². The summed E-state index contributed by atoms with van der Waals surface area (Å²) >= 11 is -1.86. The van der Waals surface area contributed by atoms with Gasteiger partial charge in [-0.3, -0.25) is 17.8 Å². The van der Waals surface area contributed by atoms with Crippen molar-refractivity contribution < 1.29 is 101 Å². The largest absolute Gasteiger partial charge is 0.773 e. The maximum Gasteiger partial charge on any atom is 0.481 e. The van der Waals surface area contributed by atoms with Crippen LogP contribution >= 0.6 is 15.6 Å². The standard InChI is InChI=1S/C9H18O3.C8H22N2O7P2.CH4O3S.CH4O2S.H2O.Zr/c1-3-5-12-8-9(4-2,6-10)7-11;1-9(2)5-7-15-18(11,12)17-19(13,14)16-8-6-10(3)4;1-5(2,3)4;1-4(2)3;;/h3,10-11H,1,4-8H2,2H3;5-8H2,1-4H3,(H,11,12)(H,13,14);1H3,(H,2,3,4);1H3,(H,2,3);1H2;/p-1. The predicted octanol–water partition coefficient (Wildman–Crippen LogP) is -0.898. The van der Waals surface area contributed by atoms with Gasteiger partial charge in [0.05, 0.1) is 45.9 Å². The summed E-state index contributed by atoms with van der Waals surface area (Å²) in [4.78, 5) is 21.9. The number of rotatable bonds is 17. The van der Waals surface area contributed by atoms with Crippen molar-refractivity contribution in [3.05, 3.63) is 12.7 Å². The SMILES string of the molecule is C=CCOCC(CC)(CO)CO.CN(C)CCOP(=O)(O)OP(=O)(O)OCCN(C)C.CS(=O)(=O)O.CS(=O)[O-].O.[Zr]. The summed E-state index contributed by atoms with van der Waals surface area (Å²) < 4.78 is 85.0. The van der Waals surface area contributed by atoms with E-state index in [-0.39, 0.29) is 58.1 Å². The number of likely N-dealkylation sites (N-methyl/N-ethyl adjacent to an activating group) is 2. The van der Waals surface area contributed by atoms with E-state index in [0.29, 0.717) is 39.0 Å². The fourth-order valence-electron chi connectivity index (χ4n) is 1.68. The van der Waals surface area contributed by atoms with Crippen LogP contribution < -0.4 is 0 Å². The van der Waals surface area contributed by atoms with Gasteiger partial charge in [-0.2, -0.15) is 12.7 Å². The van der Waals surface area contributed by atoms with Gasteiger partial charge in [-0.05, 0) is 40.9 Å². The second-order valence-electron chi connectivity index (χ2n) is 8.40. The maximum atomic E-state index is 11.4. The van der Waals surface area contributed by atoms with E-state index in [1.54, 1.807) is 44.1 Å². The van der Waals surface area contributed by atoms with Crippen LogP contribution in [0.4, 0.5) is 0 Å². The summed E-state index contributed by atoms with van der Waals surface area (Å²) in [5.74, 6) is 0. The number of hydrogen-bond acceptors (Lipinski definition) is 14. The van der Waals surface area contributed by atoms with Crippen LogP contribution in [0.2, 0.25) is 0 Å². The zero-order valence-corrected chi connectivity index (χ0v) is 31.0. The van der Waals surface area contributed by atoms with Gasteiger partial charge in [0.1, 0.15) is 0 Å². The molecule has 0 fully saturated rings. The molecule has 0 aromatic rings. The number of nitrogens with zero attached hydrogens (tertiary/aromatic N) is 2. The van der Waals surface area contributed by atoms with Crippen LogP contribution in [0.25, 0.3) is 0 Å². The zero-order chi connectivity index (χ0) is 32.6. The van der Waals surface area contributed by atoms with Crippen molar-refractivity contribution in [3.63, 3.8) is 0 Å². The first-order chi connectivity index (χ1) is 18.0. The first-order valence-corrected chi connectivity index (χ1v) is 17.6. The van der Waals surface area contributed by atoms with E-state index < -0.39 is 42.3 Å². The molecule has 23 heteroatoms. The van der Waals surface area contributed by atoms with Gasteiger partial charge in [0.15, 0.2) is 0 Å². The minimum absolute atomic E-state index is 0. The van der Waals surface area contributed by atoms with E-state index in [4.69, 9.17) is 28.3 Å². The van der Waals surface area contributed by atoms with Crippen LogP contribution in [0.3, 0.4) is 0 Å². The predicted molar refractivity (Wildman–Crippen MR) is 154 cm³/mol. The number of aliphatic hydroxyl groups excluding tert-OH is 2. The molecule has 0 heterocycles. The van der Waals surface area contributed by atoms with E-state index >= 15 is 0 Å². The monoisotopic (exact) mass is 777 g/mol. The molecule has 0 aliphatic carbocycles. The molecule has 3 unspecified atom stereocenters. The third kappa shape index (κ3) is 50.3. The number of hydrogen-bond donors (Lipinski definition) is 5. The van der Waals surface area contributed by atoms with Gasteiger partial charge < -0.3 is 44.6 Å². The van der Waals surface area contributed by atoms with Crippen LogP contribution in [-0.4, -0.2) is 150 Å². The summed E-state index contributed by atoms with van der Waals surface area (Å²) in [6.07, 6.45) is 4.15. The normalized spacial score (nSPS) is 14.5. The molecule has 258 valence electrons. The van der Waals surface area contributed by atoms with Crippen molar-refractivity contribution in [1.29, 1.82) is 0 Å². The van der Waals surface area contributed by atoms with Gasteiger partial charge in [-0.15, -0.1) is 6.58 Å². The molecule has 7 N–H and O–H groups in total. The second kappa shape index (κ2) is 30.3. The van der Waals surface area contributed by atoms with Crippen LogP contribution in [-0.2, 0) is 74.6 Å². The molecule has 0 aliphatic heterocycles. The Kier molecular flexibility index (Phi) is 39.8. The van der Waals surface area contributed by atoms with Crippen molar-refractivity contribution >= 4 is 36.8 Å². The van der Waals surface area contributed by atoms with Crippen molar-refractivity contribution in [2.45, 2.75) is 13.3 Å². The number of ether oxygens (including phenoxy) is 1. The first-order valence-electron chi connectivity index (χ1n) is 11.3. The fourth-order valence-corrected chi connectivity index (χ4v) is 3.73. The summed E-state index contributed by atoms with van der Waals surface area (Å²) in [5.41, 5.74) is -0.483. The van der Waals surface area contributed by atoms with Gasteiger partial charge in [0.25, 0.3) is 10.1 Å². The Morgan fingerprint density at radius 3 is 1.52 bits per heavy atom. The Labute approximate surface area is 271 Å². The van der Waals surface area contributed by atoms with E-state index in [1.807, 2.05) is 6.92 Å². The topological polar surface area (TPSA) is 284 Å². The molecular formula is C19H49N2O16P2S2Zr-. The molecule has 0 aromatic carbocycles. The second-order valence-corrected chi connectivity index (χ2v) is 13.7. The molecule has 0 bridgehead atoms. The first kappa shape index (κ1) is 55.1. The molecule has 0 radical (unpaired) electrons. The molecule has 18 nitrogen and oxygen atoms in total. The molecular weight excluding hydrogens is 730 g/mol. The summed E-state index contributed by atoms with van der Waals surface area (Å²) in [6.45, 7) is 6.68.